The Morgan fingerprint density at radius 2 is 1.73 bits per heavy atom. The van der Waals surface area contributed by atoms with E-state index in [1.807, 2.05) is 35.0 Å². The van der Waals surface area contributed by atoms with E-state index < -0.39 is 0 Å². The van der Waals surface area contributed by atoms with Gasteiger partial charge in [0.2, 0.25) is 0 Å². The molecule has 0 N–H and O–H groups in total. The van der Waals surface area contributed by atoms with Gasteiger partial charge in [-0.2, -0.15) is 5.10 Å². The lowest BCUT2D eigenvalue weighted by molar-refractivity contribution is 0.900. The van der Waals surface area contributed by atoms with Crippen LogP contribution in [0.2, 0.25) is 5.02 Å². The monoisotopic (exact) mass is 381 g/mol. The van der Waals surface area contributed by atoms with E-state index >= 15 is 0 Å². The van der Waals surface area contributed by atoms with Gasteiger partial charge in [0.1, 0.15) is 5.69 Å². The van der Waals surface area contributed by atoms with Crippen molar-refractivity contribution in [2.24, 2.45) is 0 Å². The van der Waals surface area contributed by atoms with Crippen molar-refractivity contribution < 1.29 is 0 Å². The summed E-state index contributed by atoms with van der Waals surface area (Å²) in [4.78, 5) is 4.66. The summed E-state index contributed by atoms with van der Waals surface area (Å²) in [6.07, 6.45) is 2.47. The van der Waals surface area contributed by atoms with E-state index in [9.17, 15) is 0 Å². The highest BCUT2D eigenvalue weighted by Crippen LogP contribution is 2.35. The highest BCUT2D eigenvalue weighted by molar-refractivity contribution is 6.37. The molecule has 0 unspecified atom stereocenters. The molecule has 0 aliphatic heterocycles. The maximum absolute atomic E-state index is 6.76. The first kappa shape index (κ1) is 17.1. The molecule has 0 saturated carbocycles. The summed E-state index contributed by atoms with van der Waals surface area (Å²) in [5, 5.41) is 6.40. The maximum Gasteiger partial charge on any atom is 0.165 e. The molecule has 3 nitrogen and oxygen atoms in total. The van der Waals surface area contributed by atoms with E-state index in [2.05, 4.69) is 36.2 Å². The van der Waals surface area contributed by atoms with Crippen LogP contribution in [0.5, 0.6) is 0 Å². The molecule has 0 aliphatic rings. The summed E-state index contributed by atoms with van der Waals surface area (Å²) in [6, 6.07) is 18.2. The largest absolute Gasteiger partial charge is 0.236 e. The predicted molar refractivity (Wildman–Crippen MR) is 108 cm³/mol. The molecular formula is C21H17Cl2N3. The molecule has 4 aromatic rings. The fourth-order valence-corrected chi connectivity index (χ4v) is 3.55. The zero-order chi connectivity index (χ0) is 18.1. The van der Waals surface area contributed by atoms with Crippen LogP contribution in [0.4, 0.5) is 0 Å². The zero-order valence-corrected chi connectivity index (χ0v) is 15.8. The summed E-state index contributed by atoms with van der Waals surface area (Å²) < 4.78 is 1.85. The van der Waals surface area contributed by atoms with E-state index in [1.54, 1.807) is 6.20 Å². The van der Waals surface area contributed by atoms with Crippen LogP contribution >= 0.6 is 23.2 Å². The van der Waals surface area contributed by atoms with Crippen molar-refractivity contribution in [2.75, 3.05) is 5.88 Å². The van der Waals surface area contributed by atoms with Gasteiger partial charge in [0.05, 0.1) is 16.1 Å². The quantitative estimate of drug-likeness (QED) is 0.416. The number of aryl methyl sites for hydroxylation is 2. The van der Waals surface area contributed by atoms with Gasteiger partial charge in [-0.3, -0.25) is 0 Å². The Bertz CT molecular complexity index is 1050. The third-order valence-electron chi connectivity index (χ3n) is 4.39. The van der Waals surface area contributed by atoms with Gasteiger partial charge in [0.25, 0.3) is 0 Å². The van der Waals surface area contributed by atoms with E-state index in [-0.39, 0.29) is 0 Å². The number of aromatic nitrogens is 3. The van der Waals surface area contributed by atoms with Gasteiger partial charge in [-0.25, -0.2) is 9.67 Å². The number of hydrogen-bond acceptors (Lipinski definition) is 2. The minimum atomic E-state index is 0.500. The molecule has 0 saturated heterocycles. The number of fused-ring (bicyclic) bond motifs is 1. The smallest absolute Gasteiger partial charge is 0.165 e. The fourth-order valence-electron chi connectivity index (χ4n) is 3.03. The second kappa shape index (κ2) is 7.10. The molecule has 5 heteroatoms. The lowest BCUT2D eigenvalue weighted by atomic mass is 10.1. The molecule has 4 rings (SSSR count). The first-order valence-corrected chi connectivity index (χ1v) is 9.35. The Balaban J connectivity index is 2.03. The molecule has 0 amide bonds. The predicted octanol–water partition coefficient (Wildman–Crippen LogP) is 5.83. The molecule has 2 aromatic heterocycles. The summed E-state index contributed by atoms with van der Waals surface area (Å²) in [5.41, 5.74) is 5.68. The zero-order valence-electron chi connectivity index (χ0n) is 14.3. The average Bonchev–Trinajstić information content (AvgIpc) is 3.06. The Labute approximate surface area is 162 Å². The van der Waals surface area contributed by atoms with E-state index in [0.717, 1.165) is 33.5 Å². The number of alkyl halides is 1. The normalized spacial score (nSPS) is 11.2. The van der Waals surface area contributed by atoms with Crippen molar-refractivity contribution in [2.45, 2.75) is 13.3 Å². The van der Waals surface area contributed by atoms with E-state index in [1.165, 1.54) is 5.56 Å². The lowest BCUT2D eigenvalue weighted by Crippen LogP contribution is -1.98. The van der Waals surface area contributed by atoms with Crippen molar-refractivity contribution in [1.82, 2.24) is 14.8 Å². The van der Waals surface area contributed by atoms with Crippen molar-refractivity contribution in [3.8, 4) is 16.9 Å². The highest BCUT2D eigenvalue weighted by atomic mass is 35.5. The number of para-hydroxylation sites is 1. The molecule has 2 heterocycles. The summed E-state index contributed by atoms with van der Waals surface area (Å²) >= 11 is 12.7. The molecule has 26 heavy (non-hydrogen) atoms. The number of hydrogen-bond donors (Lipinski definition) is 0. The van der Waals surface area contributed by atoms with Crippen LogP contribution in [0.15, 0.2) is 60.8 Å². The SMILES string of the molecule is Cc1ccc(-c2nn(-c3ccccc3)c3ncc(CCCl)c(Cl)c23)cc1. The minimum absolute atomic E-state index is 0.500. The minimum Gasteiger partial charge on any atom is -0.236 e. The molecule has 0 spiro atoms. The average molecular weight is 382 g/mol. The molecule has 0 radical (unpaired) electrons. The number of nitrogens with zero attached hydrogens (tertiary/aromatic N) is 3. The van der Waals surface area contributed by atoms with Gasteiger partial charge in [0, 0.05) is 17.6 Å². The van der Waals surface area contributed by atoms with Crippen molar-refractivity contribution in [1.29, 1.82) is 0 Å². The van der Waals surface area contributed by atoms with Crippen molar-refractivity contribution >= 4 is 34.2 Å². The Kier molecular flexibility index (Phi) is 4.66. The second-order valence-electron chi connectivity index (χ2n) is 6.20. The van der Waals surface area contributed by atoms with Crippen LogP contribution in [-0.2, 0) is 6.42 Å². The molecule has 130 valence electrons. The molecule has 0 bridgehead atoms. The number of halogens is 2. The second-order valence-corrected chi connectivity index (χ2v) is 6.95. The Morgan fingerprint density at radius 1 is 1.00 bits per heavy atom. The lowest BCUT2D eigenvalue weighted by Gasteiger charge is -2.05. The molecule has 0 aliphatic carbocycles. The summed E-state index contributed by atoms with van der Waals surface area (Å²) in [7, 11) is 0. The van der Waals surface area contributed by atoms with Crippen LogP contribution in [0.1, 0.15) is 11.1 Å². The molecular weight excluding hydrogens is 365 g/mol. The van der Waals surface area contributed by atoms with Crippen LogP contribution in [0.25, 0.3) is 28.0 Å². The van der Waals surface area contributed by atoms with Gasteiger partial charge in [-0.15, -0.1) is 11.6 Å². The molecule has 0 atom stereocenters. The highest BCUT2D eigenvalue weighted by Gasteiger charge is 2.19. The van der Waals surface area contributed by atoms with Crippen LogP contribution in [0.3, 0.4) is 0 Å². The van der Waals surface area contributed by atoms with Gasteiger partial charge in [-0.1, -0.05) is 59.6 Å². The van der Waals surface area contributed by atoms with Gasteiger partial charge in [0.15, 0.2) is 5.65 Å². The Morgan fingerprint density at radius 3 is 2.42 bits per heavy atom. The number of rotatable bonds is 4. The first-order valence-electron chi connectivity index (χ1n) is 8.43. The van der Waals surface area contributed by atoms with Gasteiger partial charge < -0.3 is 0 Å². The van der Waals surface area contributed by atoms with E-state index in [0.29, 0.717) is 17.3 Å². The third kappa shape index (κ3) is 2.98. The standard InChI is InChI=1S/C21H17Cl2N3/c1-14-7-9-15(10-8-14)20-18-19(23)16(11-12-22)13-24-21(18)26(25-20)17-5-3-2-4-6-17/h2-10,13H,11-12H2,1H3. The number of pyridine rings is 1. The van der Waals surface area contributed by atoms with Crippen LogP contribution in [0, 0.1) is 6.92 Å². The molecule has 0 fully saturated rings. The van der Waals surface area contributed by atoms with Crippen molar-refractivity contribution in [3.05, 3.63) is 76.9 Å². The third-order valence-corrected chi connectivity index (χ3v) is 5.02. The Hall–Kier alpha value is -2.36. The van der Waals surface area contributed by atoms with Crippen LogP contribution < -0.4 is 0 Å². The molecule has 2 aromatic carbocycles. The van der Waals surface area contributed by atoms with Gasteiger partial charge in [-0.05, 0) is 31.0 Å². The maximum atomic E-state index is 6.76. The summed E-state index contributed by atoms with van der Waals surface area (Å²) in [6.45, 7) is 2.07. The van der Waals surface area contributed by atoms with Crippen LogP contribution in [-0.4, -0.2) is 20.6 Å². The van der Waals surface area contributed by atoms with Gasteiger partial charge >= 0.3 is 0 Å². The number of benzene rings is 2. The summed E-state index contributed by atoms with van der Waals surface area (Å²) in [5.74, 6) is 0.500. The van der Waals surface area contributed by atoms with Crippen molar-refractivity contribution in [3.63, 3.8) is 0 Å². The van der Waals surface area contributed by atoms with E-state index in [4.69, 9.17) is 28.3 Å². The topological polar surface area (TPSA) is 30.7 Å². The fraction of sp³-hybridized carbons (Fsp3) is 0.143. The first-order chi connectivity index (χ1) is 12.7.